The Morgan fingerprint density at radius 3 is 3.00 bits per heavy atom. The second-order valence-corrected chi connectivity index (χ2v) is 5.32. The number of amides is 1. The molecule has 0 saturated carbocycles. The van der Waals surface area contributed by atoms with Crippen molar-refractivity contribution in [3.63, 3.8) is 0 Å². The smallest absolute Gasteiger partial charge is 0.262 e. The largest absolute Gasteiger partial charge is 0.350 e. The Morgan fingerprint density at radius 2 is 2.47 bits per heavy atom. The summed E-state index contributed by atoms with van der Waals surface area (Å²) in [6.07, 6.45) is 2.33. The maximum Gasteiger partial charge on any atom is 0.262 e. The molecule has 1 saturated heterocycles. The molecule has 17 heavy (non-hydrogen) atoms. The minimum absolute atomic E-state index is 0. The van der Waals surface area contributed by atoms with Crippen molar-refractivity contribution >= 4 is 41.3 Å². The lowest BCUT2D eigenvalue weighted by molar-refractivity contribution is 0.0954. The van der Waals surface area contributed by atoms with Gasteiger partial charge in [-0.15, -0.1) is 23.7 Å². The van der Waals surface area contributed by atoms with Crippen LogP contribution in [-0.2, 0) is 0 Å². The number of aryl methyl sites for hydroxylation is 1. The van der Waals surface area contributed by atoms with Gasteiger partial charge in [-0.25, -0.2) is 0 Å². The lowest BCUT2D eigenvalue weighted by Gasteiger charge is -2.10. The van der Waals surface area contributed by atoms with E-state index < -0.39 is 0 Å². The third-order valence-corrected chi connectivity index (χ3v) is 4.47. The van der Waals surface area contributed by atoms with E-state index in [9.17, 15) is 4.79 Å². The van der Waals surface area contributed by atoms with Crippen molar-refractivity contribution in [2.24, 2.45) is 0 Å². The van der Waals surface area contributed by atoms with Crippen LogP contribution in [-0.4, -0.2) is 25.0 Å². The van der Waals surface area contributed by atoms with Crippen LogP contribution in [0.4, 0.5) is 0 Å². The van der Waals surface area contributed by atoms with E-state index in [1.165, 1.54) is 17.8 Å². The van der Waals surface area contributed by atoms with Crippen LogP contribution in [0, 0.1) is 6.92 Å². The number of hydrogen-bond donors (Lipinski definition) is 2. The van der Waals surface area contributed by atoms with E-state index in [0.29, 0.717) is 22.5 Å². The molecule has 1 aliphatic heterocycles. The number of carbonyl (C=O) groups is 1. The third kappa shape index (κ3) is 3.58. The van der Waals surface area contributed by atoms with Gasteiger partial charge in [0, 0.05) is 12.6 Å². The number of rotatable bonds is 3. The van der Waals surface area contributed by atoms with Crippen LogP contribution >= 0.6 is 35.3 Å². The van der Waals surface area contributed by atoms with Gasteiger partial charge in [-0.05, 0) is 37.3 Å². The zero-order valence-corrected chi connectivity index (χ0v) is 12.0. The topological polar surface area (TPSA) is 41.1 Å². The minimum atomic E-state index is -0.0585. The predicted molar refractivity (Wildman–Crippen MR) is 74.7 cm³/mol. The lowest BCUT2D eigenvalue weighted by Crippen LogP contribution is -2.36. The third-order valence-electron chi connectivity index (χ3n) is 2.78. The molecule has 2 heterocycles. The molecular weight excluding hydrogens is 279 g/mol. The molecule has 0 aromatic carbocycles. The quantitative estimate of drug-likeness (QED) is 0.900. The maximum absolute atomic E-state index is 11.8. The molecule has 1 aliphatic rings. The Labute approximate surface area is 116 Å². The Morgan fingerprint density at radius 1 is 1.71 bits per heavy atom. The van der Waals surface area contributed by atoms with Crippen molar-refractivity contribution in [2.75, 3.05) is 13.1 Å². The second kappa shape index (κ2) is 6.59. The Hall–Kier alpha value is -0.290. The summed E-state index contributed by atoms with van der Waals surface area (Å²) in [4.78, 5) is 12.4. The monoisotopic (exact) mass is 294 g/mol. The highest BCUT2D eigenvalue weighted by molar-refractivity contribution is 7.13. The number of hydrogen-bond acceptors (Lipinski definition) is 3. The standard InChI is InChI=1S/C11H15ClN2OS.ClH/c1-7-6-16-10(9(7)12)11(15)14-5-8-3-2-4-13-8;/h6,8,13H,2-5H2,1H3,(H,14,15);1H. The van der Waals surface area contributed by atoms with E-state index in [0.717, 1.165) is 18.5 Å². The van der Waals surface area contributed by atoms with E-state index in [-0.39, 0.29) is 18.3 Å². The molecule has 1 aromatic heterocycles. The van der Waals surface area contributed by atoms with E-state index in [4.69, 9.17) is 11.6 Å². The first-order valence-electron chi connectivity index (χ1n) is 5.43. The fourth-order valence-electron chi connectivity index (χ4n) is 1.81. The van der Waals surface area contributed by atoms with Crippen molar-refractivity contribution in [3.05, 3.63) is 20.8 Å². The summed E-state index contributed by atoms with van der Waals surface area (Å²) in [6.45, 7) is 3.65. The molecule has 0 bridgehead atoms. The Kier molecular flexibility index (Phi) is 5.73. The fourth-order valence-corrected chi connectivity index (χ4v) is 3.01. The molecule has 2 rings (SSSR count). The van der Waals surface area contributed by atoms with Crippen LogP contribution in [0.25, 0.3) is 0 Å². The molecule has 96 valence electrons. The highest BCUT2D eigenvalue weighted by Gasteiger charge is 2.18. The van der Waals surface area contributed by atoms with Crippen LogP contribution in [0.15, 0.2) is 5.38 Å². The summed E-state index contributed by atoms with van der Waals surface area (Å²) in [7, 11) is 0. The van der Waals surface area contributed by atoms with E-state index in [1.54, 1.807) is 0 Å². The van der Waals surface area contributed by atoms with Crippen LogP contribution in [0.5, 0.6) is 0 Å². The van der Waals surface area contributed by atoms with Crippen LogP contribution in [0.3, 0.4) is 0 Å². The van der Waals surface area contributed by atoms with Gasteiger partial charge in [-0.2, -0.15) is 0 Å². The fraction of sp³-hybridized carbons (Fsp3) is 0.545. The maximum atomic E-state index is 11.8. The summed E-state index contributed by atoms with van der Waals surface area (Å²) in [5, 5.41) is 8.75. The summed E-state index contributed by atoms with van der Waals surface area (Å²) in [6, 6.07) is 0.420. The van der Waals surface area contributed by atoms with Crippen molar-refractivity contribution in [1.82, 2.24) is 10.6 Å². The van der Waals surface area contributed by atoms with E-state index in [1.807, 2.05) is 12.3 Å². The Balaban J connectivity index is 0.00000144. The molecule has 0 spiro atoms. The number of carbonyl (C=O) groups excluding carboxylic acids is 1. The number of halogens is 2. The first kappa shape index (κ1) is 14.8. The molecule has 1 unspecified atom stereocenters. The summed E-state index contributed by atoms with van der Waals surface area (Å²) in [5.74, 6) is -0.0585. The van der Waals surface area contributed by atoms with Crippen LogP contribution < -0.4 is 10.6 Å². The van der Waals surface area contributed by atoms with Crippen molar-refractivity contribution in [2.45, 2.75) is 25.8 Å². The molecule has 1 aromatic rings. The lowest BCUT2D eigenvalue weighted by atomic mass is 10.2. The predicted octanol–water partition coefficient (Wildman–Crippen LogP) is 2.61. The molecule has 0 radical (unpaired) electrons. The van der Waals surface area contributed by atoms with E-state index >= 15 is 0 Å². The second-order valence-electron chi connectivity index (χ2n) is 4.07. The SMILES string of the molecule is Cc1csc(C(=O)NCC2CCCN2)c1Cl.Cl. The molecule has 1 atom stereocenters. The van der Waals surface area contributed by atoms with E-state index in [2.05, 4.69) is 10.6 Å². The molecule has 1 amide bonds. The summed E-state index contributed by atoms with van der Waals surface area (Å²) >= 11 is 7.44. The zero-order chi connectivity index (χ0) is 11.5. The molecule has 2 N–H and O–H groups in total. The minimum Gasteiger partial charge on any atom is -0.350 e. The molecule has 6 heteroatoms. The van der Waals surface area contributed by atoms with Crippen LogP contribution in [0.2, 0.25) is 5.02 Å². The average Bonchev–Trinajstić information content (AvgIpc) is 2.88. The van der Waals surface area contributed by atoms with Gasteiger partial charge in [0.05, 0.1) is 5.02 Å². The first-order valence-corrected chi connectivity index (χ1v) is 6.69. The van der Waals surface area contributed by atoms with Gasteiger partial charge in [-0.1, -0.05) is 11.6 Å². The zero-order valence-electron chi connectivity index (χ0n) is 9.59. The van der Waals surface area contributed by atoms with Crippen molar-refractivity contribution in [1.29, 1.82) is 0 Å². The van der Waals surface area contributed by atoms with Gasteiger partial charge in [0.15, 0.2) is 0 Å². The van der Waals surface area contributed by atoms with Gasteiger partial charge in [0.25, 0.3) is 5.91 Å². The number of thiophene rings is 1. The van der Waals surface area contributed by atoms with Crippen molar-refractivity contribution < 1.29 is 4.79 Å². The highest BCUT2D eigenvalue weighted by atomic mass is 35.5. The summed E-state index contributed by atoms with van der Waals surface area (Å²) in [5.41, 5.74) is 0.968. The van der Waals surface area contributed by atoms with Gasteiger partial charge >= 0.3 is 0 Å². The molecule has 3 nitrogen and oxygen atoms in total. The van der Waals surface area contributed by atoms with Crippen molar-refractivity contribution in [3.8, 4) is 0 Å². The van der Waals surface area contributed by atoms with Gasteiger partial charge in [0.1, 0.15) is 4.88 Å². The average molecular weight is 295 g/mol. The van der Waals surface area contributed by atoms with Crippen LogP contribution in [0.1, 0.15) is 28.1 Å². The molecule has 1 fully saturated rings. The normalized spacial score (nSPS) is 18.8. The van der Waals surface area contributed by atoms with Gasteiger partial charge < -0.3 is 10.6 Å². The summed E-state index contributed by atoms with van der Waals surface area (Å²) < 4.78 is 0. The number of nitrogens with one attached hydrogen (secondary N) is 2. The first-order chi connectivity index (χ1) is 7.68. The Bertz CT molecular complexity index is 389. The van der Waals surface area contributed by atoms with Gasteiger partial charge in [0.2, 0.25) is 0 Å². The molecular formula is C11H16Cl2N2OS. The van der Waals surface area contributed by atoms with Gasteiger partial charge in [-0.3, -0.25) is 4.79 Å². The molecule has 0 aliphatic carbocycles. The highest BCUT2D eigenvalue weighted by Crippen LogP contribution is 2.26.